The third-order valence-electron chi connectivity index (χ3n) is 5.08. The number of hydrogen-bond acceptors (Lipinski definition) is 7. The fourth-order valence-electron chi connectivity index (χ4n) is 3.34. The van der Waals surface area contributed by atoms with Gasteiger partial charge in [0.15, 0.2) is 0 Å². The fourth-order valence-corrected chi connectivity index (χ4v) is 4.27. The molecule has 0 spiro atoms. The van der Waals surface area contributed by atoms with Gasteiger partial charge in [0.05, 0.1) is 51.1 Å². The molecule has 35 heavy (non-hydrogen) atoms. The molecule has 2 amide bonds. The number of hydrogen-bond donors (Lipinski definition) is 4. The van der Waals surface area contributed by atoms with Crippen molar-refractivity contribution in [2.45, 2.75) is 13.1 Å². The molecule has 0 fully saturated rings. The number of nitrogens with two attached hydrogens (primary N) is 1. The Morgan fingerprint density at radius 2 is 1.60 bits per heavy atom. The summed E-state index contributed by atoms with van der Waals surface area (Å²) >= 11 is 1.48. The number of benzene rings is 1. The van der Waals surface area contributed by atoms with Gasteiger partial charge in [-0.3, -0.25) is 4.79 Å². The van der Waals surface area contributed by atoms with Gasteiger partial charge in [-0.1, -0.05) is 12.1 Å². The Morgan fingerprint density at radius 3 is 2.29 bits per heavy atom. The van der Waals surface area contributed by atoms with Gasteiger partial charge in [0.2, 0.25) is 0 Å². The first kappa shape index (κ1) is 26.6. The minimum absolute atomic E-state index is 0.113. The van der Waals surface area contributed by atoms with Crippen LogP contribution in [-0.4, -0.2) is 74.4 Å². The largest absolute Gasteiger partial charge is 0.465 e. The monoisotopic (exact) mass is 504 g/mol. The Labute approximate surface area is 208 Å². The lowest BCUT2D eigenvalue weighted by atomic mass is 10.1. The molecular weight excluding hydrogens is 472 g/mol. The van der Waals surface area contributed by atoms with Gasteiger partial charge >= 0.3 is 6.09 Å². The average Bonchev–Trinajstić information content (AvgIpc) is 3.49. The molecule has 0 unspecified atom stereocenters. The summed E-state index contributed by atoms with van der Waals surface area (Å²) in [4.78, 5) is 24.5. The maximum atomic E-state index is 12.4. The van der Waals surface area contributed by atoms with Gasteiger partial charge in [0.1, 0.15) is 0 Å². The molecular formula is C24H32N4O6S. The van der Waals surface area contributed by atoms with Crippen LogP contribution in [0.4, 0.5) is 4.79 Å². The van der Waals surface area contributed by atoms with Crippen LogP contribution in [0.3, 0.4) is 0 Å². The minimum Gasteiger partial charge on any atom is -0.465 e. The third kappa shape index (κ3) is 8.96. The summed E-state index contributed by atoms with van der Waals surface area (Å²) in [5, 5.41) is 14.7. The van der Waals surface area contributed by atoms with Gasteiger partial charge in [-0.2, -0.15) is 0 Å². The van der Waals surface area contributed by atoms with Gasteiger partial charge in [-0.05, 0) is 35.2 Å². The van der Waals surface area contributed by atoms with Crippen molar-refractivity contribution in [2.75, 3.05) is 52.7 Å². The zero-order valence-electron chi connectivity index (χ0n) is 19.5. The van der Waals surface area contributed by atoms with Crippen LogP contribution in [0.25, 0.3) is 10.9 Å². The molecule has 0 saturated heterocycles. The zero-order chi connectivity index (χ0) is 24.9. The van der Waals surface area contributed by atoms with Crippen molar-refractivity contribution in [3.05, 3.63) is 57.9 Å². The summed E-state index contributed by atoms with van der Waals surface area (Å²) in [7, 11) is 0. The maximum Gasteiger partial charge on any atom is 0.404 e. The van der Waals surface area contributed by atoms with E-state index in [2.05, 4.69) is 39.6 Å². The summed E-state index contributed by atoms with van der Waals surface area (Å²) in [6.07, 6.45) is 0.986. The van der Waals surface area contributed by atoms with E-state index in [1.165, 1.54) is 16.7 Å². The Hall–Kier alpha value is -2.96. The molecule has 2 heterocycles. The van der Waals surface area contributed by atoms with E-state index in [9.17, 15) is 9.59 Å². The summed E-state index contributed by atoms with van der Waals surface area (Å²) < 4.78 is 18.2. The molecule has 2 aromatic heterocycles. The van der Waals surface area contributed by atoms with E-state index in [-0.39, 0.29) is 12.5 Å². The fraction of sp³-hybridized carbons (Fsp3) is 0.417. The molecule has 3 rings (SSSR count). The van der Waals surface area contributed by atoms with Gasteiger partial charge < -0.3 is 40.3 Å². The SMILES string of the molecule is NCc1ccc2ccn(Cc3ccc(C(=O)NCCOCCOCCOCCNC(=O)O)s3)c2c1. The lowest BCUT2D eigenvalue weighted by molar-refractivity contribution is 0.0158. The van der Waals surface area contributed by atoms with Crippen molar-refractivity contribution in [3.63, 3.8) is 0 Å². The van der Waals surface area contributed by atoms with E-state index in [0.717, 1.165) is 16.0 Å². The highest BCUT2D eigenvalue weighted by Crippen LogP contribution is 2.22. The van der Waals surface area contributed by atoms with Crippen LogP contribution in [0.1, 0.15) is 20.1 Å². The first-order chi connectivity index (χ1) is 17.1. The molecule has 0 aliphatic carbocycles. The second-order valence-corrected chi connectivity index (χ2v) is 8.80. The smallest absolute Gasteiger partial charge is 0.404 e. The number of rotatable bonds is 16. The lowest BCUT2D eigenvalue weighted by Gasteiger charge is -2.07. The maximum absolute atomic E-state index is 12.4. The van der Waals surface area contributed by atoms with Crippen LogP contribution in [0.5, 0.6) is 0 Å². The van der Waals surface area contributed by atoms with Crippen molar-refractivity contribution in [2.24, 2.45) is 5.73 Å². The van der Waals surface area contributed by atoms with Crippen LogP contribution in [0, 0.1) is 0 Å². The second kappa shape index (κ2) is 14.4. The van der Waals surface area contributed by atoms with E-state index in [4.69, 9.17) is 25.1 Å². The third-order valence-corrected chi connectivity index (χ3v) is 6.15. The first-order valence-corrected chi connectivity index (χ1v) is 12.2. The highest BCUT2D eigenvalue weighted by molar-refractivity contribution is 7.14. The van der Waals surface area contributed by atoms with Crippen molar-refractivity contribution in [3.8, 4) is 0 Å². The molecule has 1 aromatic carbocycles. The summed E-state index contributed by atoms with van der Waals surface area (Å²) in [6, 6.07) is 12.1. The van der Waals surface area contributed by atoms with Crippen LogP contribution in [0.2, 0.25) is 0 Å². The summed E-state index contributed by atoms with van der Waals surface area (Å²) in [5.41, 5.74) is 8.00. The van der Waals surface area contributed by atoms with E-state index in [1.54, 1.807) is 0 Å². The Kier molecular flexibility index (Phi) is 11.0. The van der Waals surface area contributed by atoms with Crippen LogP contribution in [0.15, 0.2) is 42.6 Å². The Morgan fingerprint density at radius 1 is 0.914 bits per heavy atom. The molecule has 190 valence electrons. The predicted octanol–water partition coefficient (Wildman–Crippen LogP) is 2.26. The first-order valence-electron chi connectivity index (χ1n) is 11.4. The number of carboxylic acid groups (broad SMARTS) is 1. The Bertz CT molecular complexity index is 1080. The van der Waals surface area contributed by atoms with Crippen molar-refractivity contribution in [1.82, 2.24) is 15.2 Å². The molecule has 11 heteroatoms. The zero-order valence-corrected chi connectivity index (χ0v) is 20.4. The quantitative estimate of drug-likeness (QED) is 0.220. The predicted molar refractivity (Wildman–Crippen MR) is 134 cm³/mol. The van der Waals surface area contributed by atoms with Crippen LogP contribution >= 0.6 is 11.3 Å². The Balaban J connectivity index is 1.27. The molecule has 0 aliphatic heterocycles. The number of amides is 2. The molecule has 0 bridgehead atoms. The van der Waals surface area contributed by atoms with E-state index < -0.39 is 6.09 Å². The average molecular weight is 505 g/mol. The van der Waals surface area contributed by atoms with Crippen LogP contribution in [-0.2, 0) is 27.3 Å². The molecule has 0 aliphatic rings. The molecule has 3 aromatic rings. The number of carbonyl (C=O) groups excluding carboxylic acids is 1. The van der Waals surface area contributed by atoms with Gasteiger partial charge in [0.25, 0.3) is 5.91 Å². The molecule has 10 nitrogen and oxygen atoms in total. The normalized spacial score (nSPS) is 11.1. The second-order valence-electron chi connectivity index (χ2n) is 7.63. The topological polar surface area (TPSA) is 137 Å². The number of aromatic nitrogens is 1. The van der Waals surface area contributed by atoms with Crippen molar-refractivity contribution < 1.29 is 28.9 Å². The highest BCUT2D eigenvalue weighted by Gasteiger charge is 2.10. The highest BCUT2D eigenvalue weighted by atomic mass is 32.1. The molecule has 5 N–H and O–H groups in total. The number of nitrogens with one attached hydrogen (secondary N) is 2. The number of fused-ring (bicyclic) bond motifs is 1. The molecule has 0 atom stereocenters. The summed E-state index contributed by atoms with van der Waals surface area (Å²) in [5.74, 6) is -0.113. The summed E-state index contributed by atoms with van der Waals surface area (Å²) in [6.45, 7) is 4.17. The van der Waals surface area contributed by atoms with Crippen molar-refractivity contribution >= 4 is 34.2 Å². The van der Waals surface area contributed by atoms with Crippen molar-refractivity contribution in [1.29, 1.82) is 0 Å². The number of carbonyl (C=O) groups is 2. The minimum atomic E-state index is -1.07. The lowest BCUT2D eigenvalue weighted by Crippen LogP contribution is -2.27. The van der Waals surface area contributed by atoms with Gasteiger partial charge in [0, 0.05) is 36.2 Å². The number of nitrogens with zero attached hydrogens (tertiary/aromatic N) is 1. The standard InChI is InChI=1S/C24H32N4O6S/c25-16-18-1-2-19-5-8-28(21(19)15-18)17-20-3-4-22(35-20)23(29)26-6-9-32-11-13-34-14-12-33-10-7-27-24(30)31/h1-5,8,15,27H,6-7,9-14,16-17,25H2,(H,26,29)(H,30,31). The van der Waals surface area contributed by atoms with Crippen LogP contribution < -0.4 is 16.4 Å². The van der Waals surface area contributed by atoms with E-state index in [0.29, 0.717) is 64.2 Å². The number of ether oxygens (including phenoxy) is 3. The van der Waals surface area contributed by atoms with E-state index >= 15 is 0 Å². The molecule has 0 radical (unpaired) electrons. The van der Waals surface area contributed by atoms with Gasteiger partial charge in [-0.15, -0.1) is 11.3 Å². The molecule has 0 saturated carbocycles. The van der Waals surface area contributed by atoms with E-state index in [1.807, 2.05) is 18.2 Å². The van der Waals surface area contributed by atoms with Gasteiger partial charge in [-0.25, -0.2) is 4.79 Å². The number of thiophene rings is 1.